The van der Waals surface area contributed by atoms with E-state index in [4.69, 9.17) is 9.47 Å². The summed E-state index contributed by atoms with van der Waals surface area (Å²) in [4.78, 5) is 26.0. The van der Waals surface area contributed by atoms with Crippen molar-refractivity contribution in [1.82, 2.24) is 10.3 Å². The van der Waals surface area contributed by atoms with Gasteiger partial charge >= 0.3 is 0 Å². The fourth-order valence-corrected chi connectivity index (χ4v) is 3.21. The summed E-state index contributed by atoms with van der Waals surface area (Å²) >= 11 is 0. The molecule has 0 bridgehead atoms. The minimum Gasteiger partial charge on any atom is -0.495 e. The summed E-state index contributed by atoms with van der Waals surface area (Å²) in [6.45, 7) is 3.55. The van der Waals surface area contributed by atoms with Crippen LogP contribution in [0.25, 0.3) is 0 Å². The summed E-state index contributed by atoms with van der Waals surface area (Å²) < 4.78 is 10.8. The zero-order valence-electron chi connectivity index (χ0n) is 17.9. The van der Waals surface area contributed by atoms with Gasteiger partial charge in [0.25, 0.3) is 11.8 Å². The Bertz CT molecular complexity index is 921. The van der Waals surface area contributed by atoms with Crippen molar-refractivity contribution < 1.29 is 19.1 Å². The Hall–Kier alpha value is -3.55. The molecule has 0 radical (unpaired) electrons. The maximum absolute atomic E-state index is 12.1. The zero-order chi connectivity index (χ0) is 22.1. The highest BCUT2D eigenvalue weighted by Crippen LogP contribution is 2.22. The minimum atomic E-state index is -0.273. The van der Waals surface area contributed by atoms with E-state index in [1.165, 1.54) is 0 Å². The molecular formula is C23H28N4O4. The smallest absolute Gasteiger partial charge is 0.260 e. The molecule has 8 nitrogen and oxygen atoms in total. The van der Waals surface area contributed by atoms with E-state index in [-0.39, 0.29) is 25.0 Å². The monoisotopic (exact) mass is 424 g/mol. The van der Waals surface area contributed by atoms with E-state index in [0.717, 1.165) is 37.2 Å². The summed E-state index contributed by atoms with van der Waals surface area (Å²) in [7, 11) is 1.58. The van der Waals surface area contributed by atoms with Gasteiger partial charge in [0.15, 0.2) is 6.61 Å². The number of ether oxygens (including phenoxy) is 2. The van der Waals surface area contributed by atoms with E-state index < -0.39 is 0 Å². The van der Waals surface area contributed by atoms with Crippen LogP contribution in [-0.4, -0.2) is 55.8 Å². The first-order valence-corrected chi connectivity index (χ1v) is 10.3. The molecule has 2 N–H and O–H groups in total. The van der Waals surface area contributed by atoms with E-state index in [0.29, 0.717) is 17.2 Å². The number of nitrogens with one attached hydrogen (secondary N) is 2. The predicted octanol–water partition coefficient (Wildman–Crippen LogP) is 2.65. The van der Waals surface area contributed by atoms with Crippen LogP contribution in [0.1, 0.15) is 25.3 Å². The van der Waals surface area contributed by atoms with Crippen molar-refractivity contribution in [3.05, 3.63) is 54.1 Å². The second-order valence-corrected chi connectivity index (χ2v) is 7.19. The van der Waals surface area contributed by atoms with Crippen molar-refractivity contribution in [3.63, 3.8) is 0 Å². The molecule has 1 heterocycles. The van der Waals surface area contributed by atoms with Crippen LogP contribution in [0.3, 0.4) is 0 Å². The lowest BCUT2D eigenvalue weighted by Gasteiger charge is -2.15. The quantitative estimate of drug-likeness (QED) is 0.477. The maximum Gasteiger partial charge on any atom is 0.260 e. The van der Waals surface area contributed by atoms with Crippen molar-refractivity contribution in [1.29, 1.82) is 0 Å². The standard InChI is InChI=1S/C23H28N4O4/c1-17(25-26-22(28)15-24-20-7-3-4-8-21(20)30-2)18-9-11-19(12-10-18)31-16-23(29)27-13-5-6-14-27/h3-4,7-12,24H,5-6,13-16H2,1-2H3,(H,26,28)/b25-17+. The number of likely N-dealkylation sites (tertiary alicyclic amines) is 1. The molecule has 3 rings (SSSR count). The van der Waals surface area contributed by atoms with Gasteiger partial charge in [0.05, 0.1) is 25.1 Å². The van der Waals surface area contributed by atoms with Crippen molar-refractivity contribution >= 4 is 23.2 Å². The largest absolute Gasteiger partial charge is 0.495 e. The molecular weight excluding hydrogens is 396 g/mol. The number of hydrazone groups is 1. The molecule has 2 aromatic carbocycles. The van der Waals surface area contributed by atoms with Gasteiger partial charge < -0.3 is 19.7 Å². The lowest BCUT2D eigenvalue weighted by atomic mass is 10.1. The van der Waals surface area contributed by atoms with Gasteiger partial charge in [-0.2, -0.15) is 5.10 Å². The summed E-state index contributed by atoms with van der Waals surface area (Å²) in [5.41, 5.74) is 4.78. The van der Waals surface area contributed by atoms with Gasteiger partial charge in [0.2, 0.25) is 0 Å². The minimum absolute atomic E-state index is 0.0174. The van der Waals surface area contributed by atoms with Gasteiger partial charge in [0, 0.05) is 13.1 Å². The number of para-hydroxylation sites is 2. The van der Waals surface area contributed by atoms with Gasteiger partial charge in [-0.3, -0.25) is 9.59 Å². The van der Waals surface area contributed by atoms with Crippen LogP contribution < -0.4 is 20.2 Å². The first-order valence-electron chi connectivity index (χ1n) is 10.3. The normalized spacial score (nSPS) is 13.6. The summed E-state index contributed by atoms with van der Waals surface area (Å²) in [5.74, 6) is 1.03. The SMILES string of the molecule is COc1ccccc1NCC(=O)N/N=C(\C)c1ccc(OCC(=O)N2CCCC2)cc1. The van der Waals surface area contributed by atoms with Crippen molar-refractivity contribution in [2.24, 2.45) is 5.10 Å². The number of benzene rings is 2. The average Bonchev–Trinajstić information content (AvgIpc) is 3.35. The number of hydrogen-bond donors (Lipinski definition) is 2. The molecule has 0 atom stereocenters. The molecule has 0 aromatic heterocycles. The Balaban J connectivity index is 1.46. The molecule has 1 fully saturated rings. The number of hydrogen-bond acceptors (Lipinski definition) is 6. The van der Waals surface area contributed by atoms with Gasteiger partial charge in [0.1, 0.15) is 11.5 Å². The summed E-state index contributed by atoms with van der Waals surface area (Å²) in [6, 6.07) is 14.6. The number of rotatable bonds is 9. The third-order valence-electron chi connectivity index (χ3n) is 4.99. The van der Waals surface area contributed by atoms with Crippen LogP contribution in [0.4, 0.5) is 5.69 Å². The van der Waals surface area contributed by atoms with Gasteiger partial charge in [-0.25, -0.2) is 5.43 Å². The van der Waals surface area contributed by atoms with Crippen LogP contribution in [0.15, 0.2) is 53.6 Å². The Kier molecular flexibility index (Phi) is 7.86. The van der Waals surface area contributed by atoms with Crippen LogP contribution in [0, 0.1) is 0 Å². The number of methoxy groups -OCH3 is 1. The van der Waals surface area contributed by atoms with E-state index in [1.54, 1.807) is 26.2 Å². The number of nitrogens with zero attached hydrogens (tertiary/aromatic N) is 2. The number of anilines is 1. The lowest BCUT2D eigenvalue weighted by Crippen LogP contribution is -2.32. The molecule has 0 spiro atoms. The molecule has 1 saturated heterocycles. The third-order valence-corrected chi connectivity index (χ3v) is 4.99. The van der Waals surface area contributed by atoms with Gasteiger partial charge in [-0.15, -0.1) is 0 Å². The zero-order valence-corrected chi connectivity index (χ0v) is 17.9. The highest BCUT2D eigenvalue weighted by atomic mass is 16.5. The number of carbonyl (C=O) groups excluding carboxylic acids is 2. The maximum atomic E-state index is 12.1. The molecule has 0 aliphatic carbocycles. The molecule has 31 heavy (non-hydrogen) atoms. The van der Waals surface area contributed by atoms with Gasteiger partial charge in [-0.05, 0) is 61.7 Å². The van der Waals surface area contributed by atoms with Crippen LogP contribution in [0.5, 0.6) is 11.5 Å². The van der Waals surface area contributed by atoms with E-state index in [1.807, 2.05) is 41.3 Å². The fraction of sp³-hybridized carbons (Fsp3) is 0.348. The first-order chi connectivity index (χ1) is 15.1. The second-order valence-electron chi connectivity index (χ2n) is 7.19. The first kappa shape index (κ1) is 22.1. The topological polar surface area (TPSA) is 92.3 Å². The Morgan fingerprint density at radius 1 is 1.06 bits per heavy atom. The Morgan fingerprint density at radius 2 is 1.77 bits per heavy atom. The third kappa shape index (κ3) is 6.47. The Labute approximate surface area is 182 Å². The molecule has 2 aromatic rings. The fourth-order valence-electron chi connectivity index (χ4n) is 3.21. The molecule has 1 aliphatic heterocycles. The molecule has 0 saturated carbocycles. The lowest BCUT2D eigenvalue weighted by molar-refractivity contribution is -0.132. The molecule has 8 heteroatoms. The average molecular weight is 425 g/mol. The number of amides is 2. The molecule has 0 unspecified atom stereocenters. The summed E-state index contributed by atoms with van der Waals surface area (Å²) in [6.07, 6.45) is 2.12. The van der Waals surface area contributed by atoms with Crippen molar-refractivity contribution in [2.45, 2.75) is 19.8 Å². The highest BCUT2D eigenvalue weighted by molar-refractivity contribution is 5.99. The molecule has 1 aliphatic rings. The van der Waals surface area contributed by atoms with Crippen LogP contribution in [-0.2, 0) is 9.59 Å². The Morgan fingerprint density at radius 3 is 2.48 bits per heavy atom. The second kappa shape index (κ2) is 11.0. The number of carbonyl (C=O) groups is 2. The predicted molar refractivity (Wildman–Crippen MR) is 120 cm³/mol. The van der Waals surface area contributed by atoms with Crippen molar-refractivity contribution in [2.75, 3.05) is 38.7 Å². The molecule has 2 amide bonds. The van der Waals surface area contributed by atoms with Crippen molar-refractivity contribution in [3.8, 4) is 11.5 Å². The highest BCUT2D eigenvalue weighted by Gasteiger charge is 2.18. The van der Waals surface area contributed by atoms with E-state index in [9.17, 15) is 9.59 Å². The van der Waals surface area contributed by atoms with E-state index >= 15 is 0 Å². The molecule has 164 valence electrons. The summed E-state index contributed by atoms with van der Waals surface area (Å²) in [5, 5.41) is 7.17. The van der Waals surface area contributed by atoms with Crippen LogP contribution in [0.2, 0.25) is 0 Å². The van der Waals surface area contributed by atoms with Gasteiger partial charge in [-0.1, -0.05) is 12.1 Å². The van der Waals surface area contributed by atoms with Crippen LogP contribution >= 0.6 is 0 Å². The van der Waals surface area contributed by atoms with E-state index in [2.05, 4.69) is 15.8 Å².